The number of amides is 1. The molecule has 2 rings (SSSR count). The summed E-state index contributed by atoms with van der Waals surface area (Å²) in [5.74, 6) is 0.0850. The van der Waals surface area contributed by atoms with Crippen LogP contribution in [0.5, 0.6) is 0 Å². The lowest BCUT2D eigenvalue weighted by molar-refractivity contribution is -0.137. The smallest absolute Gasteiger partial charge is 0.371 e. The molecule has 3 nitrogen and oxygen atoms in total. The highest BCUT2D eigenvalue weighted by Gasteiger charge is 2.36. The number of rotatable bonds is 3. The van der Waals surface area contributed by atoms with Gasteiger partial charge < -0.3 is 10.2 Å². The molecule has 1 aromatic rings. The number of anilines is 2. The van der Waals surface area contributed by atoms with Gasteiger partial charge in [-0.25, -0.2) is 0 Å². The number of hydrogen-bond acceptors (Lipinski definition) is 2. The van der Waals surface area contributed by atoms with Crippen LogP contribution < -0.4 is 10.2 Å². The molecule has 1 N–H and O–H groups in total. The maximum absolute atomic E-state index is 13.4. The van der Waals surface area contributed by atoms with Gasteiger partial charge in [0.2, 0.25) is 5.91 Å². The molecule has 1 heterocycles. The molecule has 1 aliphatic heterocycles. The summed E-state index contributed by atoms with van der Waals surface area (Å²) in [5.41, 5.74) is -0.294. The monoisotopic (exact) mass is 314 g/mol. The van der Waals surface area contributed by atoms with Gasteiger partial charge in [-0.2, -0.15) is 13.2 Å². The van der Waals surface area contributed by atoms with Crippen LogP contribution in [0.4, 0.5) is 24.5 Å². The van der Waals surface area contributed by atoms with Crippen LogP contribution >= 0.6 is 0 Å². The highest BCUT2D eigenvalue weighted by molar-refractivity contribution is 5.90. The zero-order valence-corrected chi connectivity index (χ0v) is 12.8. The molecule has 0 spiro atoms. The largest absolute Gasteiger partial charge is 0.418 e. The topological polar surface area (TPSA) is 32.3 Å². The zero-order valence-electron chi connectivity index (χ0n) is 12.8. The lowest BCUT2D eigenvalue weighted by atomic mass is 9.98. The molecule has 1 atom stereocenters. The highest BCUT2D eigenvalue weighted by Crippen LogP contribution is 2.39. The summed E-state index contributed by atoms with van der Waals surface area (Å²) in [6.45, 7) is 4.97. The Morgan fingerprint density at radius 1 is 1.41 bits per heavy atom. The average molecular weight is 314 g/mol. The van der Waals surface area contributed by atoms with Crippen molar-refractivity contribution in [3.8, 4) is 0 Å². The summed E-state index contributed by atoms with van der Waals surface area (Å²) in [5, 5.41) is 2.49. The van der Waals surface area contributed by atoms with Crippen molar-refractivity contribution in [3.63, 3.8) is 0 Å². The Kier molecular flexibility index (Phi) is 4.98. The third kappa shape index (κ3) is 3.93. The van der Waals surface area contributed by atoms with Crippen LogP contribution in [-0.2, 0) is 11.0 Å². The molecule has 1 saturated heterocycles. The van der Waals surface area contributed by atoms with Crippen molar-refractivity contribution in [1.82, 2.24) is 0 Å². The Balaban J connectivity index is 2.34. The number of carbonyl (C=O) groups is 1. The zero-order chi connectivity index (χ0) is 16.3. The molecule has 22 heavy (non-hydrogen) atoms. The number of alkyl halides is 3. The normalized spacial score (nSPS) is 19.1. The third-order valence-corrected chi connectivity index (χ3v) is 3.90. The van der Waals surface area contributed by atoms with Crippen molar-refractivity contribution in [1.29, 1.82) is 0 Å². The van der Waals surface area contributed by atoms with E-state index in [9.17, 15) is 18.0 Å². The number of hydrogen-bond donors (Lipinski definition) is 1. The summed E-state index contributed by atoms with van der Waals surface area (Å²) in [6.07, 6.45) is -2.27. The Labute approximate surface area is 128 Å². The molecule has 1 aromatic carbocycles. The molecule has 0 bridgehead atoms. The van der Waals surface area contributed by atoms with Gasteiger partial charge in [0.25, 0.3) is 0 Å². The molecule has 1 fully saturated rings. The minimum atomic E-state index is -4.44. The fourth-order valence-electron chi connectivity index (χ4n) is 2.77. The van der Waals surface area contributed by atoms with E-state index in [-0.39, 0.29) is 23.7 Å². The first-order valence-electron chi connectivity index (χ1n) is 7.57. The van der Waals surface area contributed by atoms with Gasteiger partial charge in [-0.05, 0) is 37.0 Å². The van der Waals surface area contributed by atoms with E-state index in [0.29, 0.717) is 19.0 Å². The van der Waals surface area contributed by atoms with Gasteiger partial charge in [0.05, 0.1) is 5.56 Å². The standard InChI is InChI=1S/C16H21F3N2O/c1-3-15(22)20-12-6-7-14(13(9-12)16(17,18)19)21-8-4-5-11(2)10-21/h6-7,9,11H,3-5,8,10H2,1-2H3,(H,20,22). The molecule has 1 aliphatic rings. The minimum absolute atomic E-state index is 0.188. The van der Waals surface area contributed by atoms with Crippen molar-refractivity contribution >= 4 is 17.3 Å². The van der Waals surface area contributed by atoms with Crippen LogP contribution in [0.25, 0.3) is 0 Å². The van der Waals surface area contributed by atoms with Crippen LogP contribution in [-0.4, -0.2) is 19.0 Å². The Bertz CT molecular complexity index is 543. The van der Waals surface area contributed by atoms with Gasteiger partial charge in [0.15, 0.2) is 0 Å². The molecule has 6 heteroatoms. The second kappa shape index (κ2) is 6.58. The molecular formula is C16H21F3N2O. The van der Waals surface area contributed by atoms with E-state index in [4.69, 9.17) is 0 Å². The van der Waals surface area contributed by atoms with Crippen LogP contribution in [0.15, 0.2) is 18.2 Å². The fraction of sp³-hybridized carbons (Fsp3) is 0.562. The minimum Gasteiger partial charge on any atom is -0.371 e. The van der Waals surface area contributed by atoms with Crippen LogP contribution in [0, 0.1) is 5.92 Å². The Morgan fingerprint density at radius 3 is 2.73 bits per heavy atom. The molecule has 122 valence electrons. The molecule has 0 saturated carbocycles. The van der Waals surface area contributed by atoms with Gasteiger partial charge in [-0.15, -0.1) is 0 Å². The summed E-state index contributed by atoms with van der Waals surface area (Å²) in [6, 6.07) is 4.03. The van der Waals surface area contributed by atoms with Crippen molar-refractivity contribution < 1.29 is 18.0 Å². The van der Waals surface area contributed by atoms with Gasteiger partial charge in [-0.3, -0.25) is 4.79 Å². The molecule has 0 aromatic heterocycles. The molecule has 1 amide bonds. The first-order valence-corrected chi connectivity index (χ1v) is 7.57. The average Bonchev–Trinajstić information content (AvgIpc) is 2.46. The predicted molar refractivity (Wildman–Crippen MR) is 81.0 cm³/mol. The van der Waals surface area contributed by atoms with E-state index < -0.39 is 11.7 Å². The number of halogens is 3. The number of benzene rings is 1. The number of piperidine rings is 1. The second-order valence-corrected chi connectivity index (χ2v) is 5.82. The van der Waals surface area contributed by atoms with E-state index >= 15 is 0 Å². The lowest BCUT2D eigenvalue weighted by Crippen LogP contribution is -2.35. The van der Waals surface area contributed by atoms with E-state index in [1.54, 1.807) is 11.8 Å². The maximum atomic E-state index is 13.4. The second-order valence-electron chi connectivity index (χ2n) is 5.82. The quantitative estimate of drug-likeness (QED) is 0.902. The Morgan fingerprint density at radius 2 is 2.14 bits per heavy atom. The Hall–Kier alpha value is -1.72. The third-order valence-electron chi connectivity index (χ3n) is 3.90. The maximum Gasteiger partial charge on any atom is 0.418 e. The number of nitrogens with zero attached hydrogens (tertiary/aromatic N) is 1. The van der Waals surface area contributed by atoms with Crippen LogP contribution in [0.1, 0.15) is 38.7 Å². The van der Waals surface area contributed by atoms with E-state index in [1.807, 2.05) is 0 Å². The van der Waals surface area contributed by atoms with Gasteiger partial charge in [0.1, 0.15) is 0 Å². The SMILES string of the molecule is CCC(=O)Nc1ccc(N2CCCC(C)C2)c(C(F)(F)F)c1. The molecule has 0 radical (unpaired) electrons. The van der Waals surface area contributed by atoms with Gasteiger partial charge in [-0.1, -0.05) is 13.8 Å². The molecule has 0 aliphatic carbocycles. The van der Waals surface area contributed by atoms with Gasteiger partial charge >= 0.3 is 6.18 Å². The van der Waals surface area contributed by atoms with E-state index in [1.165, 1.54) is 12.1 Å². The summed E-state index contributed by atoms with van der Waals surface area (Å²) >= 11 is 0. The molecule has 1 unspecified atom stereocenters. The van der Waals surface area contributed by atoms with Crippen molar-refractivity contribution in [2.75, 3.05) is 23.3 Å². The first-order chi connectivity index (χ1) is 10.3. The summed E-state index contributed by atoms with van der Waals surface area (Å²) in [4.78, 5) is 13.2. The van der Waals surface area contributed by atoms with Crippen LogP contribution in [0.3, 0.4) is 0 Å². The lowest BCUT2D eigenvalue weighted by Gasteiger charge is -2.34. The van der Waals surface area contributed by atoms with Crippen molar-refractivity contribution in [3.05, 3.63) is 23.8 Å². The van der Waals surface area contributed by atoms with Crippen LogP contribution in [0.2, 0.25) is 0 Å². The first kappa shape index (κ1) is 16.6. The predicted octanol–water partition coefficient (Wildman–Crippen LogP) is 4.29. The number of nitrogens with one attached hydrogen (secondary N) is 1. The van der Waals surface area contributed by atoms with E-state index in [2.05, 4.69) is 12.2 Å². The van der Waals surface area contributed by atoms with E-state index in [0.717, 1.165) is 18.9 Å². The highest BCUT2D eigenvalue weighted by atomic mass is 19.4. The summed E-state index contributed by atoms with van der Waals surface area (Å²) in [7, 11) is 0. The van der Waals surface area contributed by atoms with Crippen molar-refractivity contribution in [2.24, 2.45) is 5.92 Å². The molecular weight excluding hydrogens is 293 g/mol. The van der Waals surface area contributed by atoms with Gasteiger partial charge in [0, 0.05) is 30.9 Å². The number of carbonyl (C=O) groups excluding carboxylic acids is 1. The summed E-state index contributed by atoms with van der Waals surface area (Å²) < 4.78 is 40.1. The fourth-order valence-corrected chi connectivity index (χ4v) is 2.77. The van der Waals surface area contributed by atoms with Crippen molar-refractivity contribution in [2.45, 2.75) is 39.3 Å².